The SMILES string of the molecule is CNc1cc(F)cc2c1Cc1nc(Oc3ccc4c(c3)C(=O)CC4)nc(N3C[C@H]4CCC[C@H]4C3)c1-2. The quantitative estimate of drug-likeness (QED) is 0.432. The lowest BCUT2D eigenvalue weighted by molar-refractivity contribution is 0.0994. The molecule has 1 saturated carbocycles. The first kappa shape index (κ1) is 20.9. The Kier molecular flexibility index (Phi) is 4.63. The molecule has 2 aromatic carbocycles. The molecular formula is C28H27FN4O2. The Balaban J connectivity index is 1.32. The van der Waals surface area contributed by atoms with Gasteiger partial charge in [-0.25, -0.2) is 4.39 Å². The summed E-state index contributed by atoms with van der Waals surface area (Å²) in [5.74, 6) is 2.67. The third-order valence-electron chi connectivity index (χ3n) is 8.28. The average Bonchev–Trinajstić information content (AvgIpc) is 3.61. The van der Waals surface area contributed by atoms with E-state index < -0.39 is 0 Å². The lowest BCUT2D eigenvalue weighted by atomic mass is 10.0. The predicted molar refractivity (Wildman–Crippen MR) is 132 cm³/mol. The number of nitrogens with one attached hydrogen (secondary N) is 1. The zero-order valence-corrected chi connectivity index (χ0v) is 19.7. The second-order valence-corrected chi connectivity index (χ2v) is 10.3. The summed E-state index contributed by atoms with van der Waals surface area (Å²) in [7, 11) is 1.82. The Morgan fingerprint density at radius 2 is 1.89 bits per heavy atom. The number of ether oxygens (including phenoxy) is 1. The Hall–Kier alpha value is -3.48. The van der Waals surface area contributed by atoms with E-state index in [-0.39, 0.29) is 17.6 Å². The summed E-state index contributed by atoms with van der Waals surface area (Å²) in [4.78, 5) is 24.3. The molecule has 1 aromatic heterocycles. The van der Waals surface area contributed by atoms with Crippen LogP contribution in [0.4, 0.5) is 15.9 Å². The molecule has 35 heavy (non-hydrogen) atoms. The number of hydrogen-bond donors (Lipinski definition) is 1. The standard InChI is InChI=1S/C28H27FN4O2/c1-30-23-10-18(29)9-22-21(23)12-24-26(22)27(33-13-16-3-2-4-17(16)14-33)32-28(31-24)35-19-7-5-15-6-8-25(34)20(15)11-19/h5,7,9-11,16-17,30H,2-4,6,8,12-14H2,1H3/t16-,17+. The number of benzene rings is 2. The van der Waals surface area contributed by atoms with Gasteiger partial charge in [0.15, 0.2) is 5.78 Å². The normalized spacial score (nSPS) is 21.7. The van der Waals surface area contributed by atoms with Crippen LogP contribution in [0.1, 0.15) is 52.9 Å². The largest absolute Gasteiger partial charge is 0.424 e. The van der Waals surface area contributed by atoms with Crippen LogP contribution >= 0.6 is 0 Å². The van der Waals surface area contributed by atoms with Crippen molar-refractivity contribution in [3.05, 3.63) is 58.5 Å². The van der Waals surface area contributed by atoms with E-state index in [1.807, 2.05) is 25.2 Å². The number of anilines is 2. The van der Waals surface area contributed by atoms with Crippen LogP contribution in [0.2, 0.25) is 0 Å². The molecule has 1 N–H and O–H groups in total. The summed E-state index contributed by atoms with van der Waals surface area (Å²) in [5, 5.41) is 3.14. The molecule has 6 nitrogen and oxygen atoms in total. The van der Waals surface area contributed by atoms with Gasteiger partial charge in [-0.05, 0) is 72.1 Å². The van der Waals surface area contributed by atoms with E-state index in [1.54, 1.807) is 6.07 Å². The maximum absolute atomic E-state index is 14.6. The molecule has 2 atom stereocenters. The molecule has 4 aliphatic rings. The molecule has 3 aromatic rings. The molecule has 2 heterocycles. The van der Waals surface area contributed by atoms with Gasteiger partial charge in [-0.3, -0.25) is 4.79 Å². The molecule has 1 aliphatic heterocycles. The van der Waals surface area contributed by atoms with Gasteiger partial charge >= 0.3 is 6.01 Å². The predicted octanol–water partition coefficient (Wildman–Crippen LogP) is 5.39. The number of aromatic nitrogens is 2. The fraction of sp³-hybridized carbons (Fsp3) is 0.393. The Morgan fingerprint density at radius 1 is 1.06 bits per heavy atom. The molecule has 0 unspecified atom stereocenters. The van der Waals surface area contributed by atoms with Crippen molar-refractivity contribution in [2.24, 2.45) is 11.8 Å². The molecule has 7 heteroatoms. The topological polar surface area (TPSA) is 67.4 Å². The summed E-state index contributed by atoms with van der Waals surface area (Å²) >= 11 is 0. The van der Waals surface area contributed by atoms with Crippen LogP contribution in [-0.2, 0) is 12.8 Å². The van der Waals surface area contributed by atoms with Gasteiger partial charge in [0, 0.05) is 49.8 Å². The van der Waals surface area contributed by atoms with Gasteiger partial charge in [0.2, 0.25) is 0 Å². The van der Waals surface area contributed by atoms with E-state index in [2.05, 4.69) is 10.2 Å². The van der Waals surface area contributed by atoms with Crippen molar-refractivity contribution in [3.8, 4) is 22.9 Å². The van der Waals surface area contributed by atoms with E-state index in [0.29, 0.717) is 30.4 Å². The number of fused-ring (bicyclic) bond motifs is 5. The highest BCUT2D eigenvalue weighted by Crippen LogP contribution is 2.48. The van der Waals surface area contributed by atoms with Crippen LogP contribution in [0.3, 0.4) is 0 Å². The Labute approximate surface area is 203 Å². The molecule has 0 radical (unpaired) electrons. The summed E-state index contributed by atoms with van der Waals surface area (Å²) in [6.07, 6.45) is 5.75. The van der Waals surface area contributed by atoms with Crippen molar-refractivity contribution in [3.63, 3.8) is 0 Å². The summed E-state index contributed by atoms with van der Waals surface area (Å²) in [6.45, 7) is 1.93. The van der Waals surface area contributed by atoms with E-state index in [0.717, 1.165) is 64.5 Å². The highest BCUT2D eigenvalue weighted by Gasteiger charge is 2.39. The van der Waals surface area contributed by atoms with Gasteiger partial charge in [-0.1, -0.05) is 12.5 Å². The van der Waals surface area contributed by atoms with Crippen LogP contribution < -0.4 is 15.0 Å². The van der Waals surface area contributed by atoms with Crippen molar-refractivity contribution in [1.29, 1.82) is 0 Å². The third-order valence-corrected chi connectivity index (χ3v) is 8.28. The van der Waals surface area contributed by atoms with E-state index in [1.165, 1.54) is 25.3 Å². The van der Waals surface area contributed by atoms with Crippen molar-refractivity contribution in [2.75, 3.05) is 30.4 Å². The lowest BCUT2D eigenvalue weighted by Crippen LogP contribution is -2.23. The van der Waals surface area contributed by atoms with Crippen molar-refractivity contribution >= 4 is 17.3 Å². The number of halogens is 1. The first-order chi connectivity index (χ1) is 17.1. The molecule has 178 valence electrons. The van der Waals surface area contributed by atoms with Gasteiger partial charge in [0.25, 0.3) is 0 Å². The van der Waals surface area contributed by atoms with E-state index in [4.69, 9.17) is 14.7 Å². The van der Waals surface area contributed by atoms with Crippen LogP contribution in [0.25, 0.3) is 11.1 Å². The summed E-state index contributed by atoms with van der Waals surface area (Å²) in [6, 6.07) is 9.08. The van der Waals surface area contributed by atoms with Gasteiger partial charge in [-0.15, -0.1) is 0 Å². The highest BCUT2D eigenvalue weighted by molar-refractivity contribution is 6.00. The average molecular weight is 471 g/mol. The smallest absolute Gasteiger partial charge is 0.324 e. The number of Topliss-reactive ketones (excluding diaryl/α,β-unsaturated/α-hetero) is 1. The zero-order valence-electron chi connectivity index (χ0n) is 19.7. The molecule has 0 bridgehead atoms. The number of carbonyl (C=O) groups excluding carboxylic acids is 1. The molecule has 1 saturated heterocycles. The van der Waals surface area contributed by atoms with Crippen LogP contribution in [-0.4, -0.2) is 35.9 Å². The van der Waals surface area contributed by atoms with Crippen LogP contribution in [0.15, 0.2) is 30.3 Å². The second kappa shape index (κ2) is 7.77. The molecule has 3 aliphatic carbocycles. The maximum atomic E-state index is 14.6. The molecular weight excluding hydrogens is 443 g/mol. The number of nitrogens with zero attached hydrogens (tertiary/aromatic N) is 3. The van der Waals surface area contributed by atoms with Crippen molar-refractivity contribution in [1.82, 2.24) is 9.97 Å². The Morgan fingerprint density at radius 3 is 2.69 bits per heavy atom. The number of rotatable bonds is 4. The third kappa shape index (κ3) is 3.32. The van der Waals surface area contributed by atoms with Crippen molar-refractivity contribution < 1.29 is 13.9 Å². The number of aryl methyl sites for hydroxylation is 1. The minimum Gasteiger partial charge on any atom is -0.424 e. The lowest BCUT2D eigenvalue weighted by Gasteiger charge is -2.22. The van der Waals surface area contributed by atoms with Gasteiger partial charge in [0.1, 0.15) is 17.4 Å². The minimum absolute atomic E-state index is 0.154. The number of carbonyl (C=O) groups is 1. The molecule has 0 amide bonds. The molecule has 2 fully saturated rings. The molecule has 7 rings (SSSR count). The van der Waals surface area contributed by atoms with Crippen LogP contribution in [0, 0.1) is 17.7 Å². The maximum Gasteiger partial charge on any atom is 0.324 e. The summed E-state index contributed by atoms with van der Waals surface area (Å²) < 4.78 is 20.7. The Bertz CT molecular complexity index is 1380. The fourth-order valence-corrected chi connectivity index (χ4v) is 6.58. The van der Waals surface area contributed by atoms with Crippen molar-refractivity contribution in [2.45, 2.75) is 38.5 Å². The minimum atomic E-state index is -0.270. The fourth-order valence-electron chi connectivity index (χ4n) is 6.58. The highest BCUT2D eigenvalue weighted by atomic mass is 19.1. The monoisotopic (exact) mass is 470 g/mol. The first-order valence-electron chi connectivity index (χ1n) is 12.6. The van der Waals surface area contributed by atoms with E-state index in [9.17, 15) is 9.18 Å². The van der Waals surface area contributed by atoms with E-state index >= 15 is 0 Å². The number of ketones is 1. The van der Waals surface area contributed by atoms with Gasteiger partial charge in [-0.2, -0.15) is 9.97 Å². The van der Waals surface area contributed by atoms with Gasteiger partial charge < -0.3 is 15.0 Å². The van der Waals surface area contributed by atoms with Gasteiger partial charge in [0.05, 0.1) is 5.69 Å². The van der Waals surface area contributed by atoms with Crippen LogP contribution in [0.5, 0.6) is 11.8 Å². The summed E-state index contributed by atoms with van der Waals surface area (Å²) in [5.41, 5.74) is 6.27. The second-order valence-electron chi connectivity index (χ2n) is 10.3. The first-order valence-corrected chi connectivity index (χ1v) is 12.6. The molecule has 0 spiro atoms. The zero-order chi connectivity index (χ0) is 23.7. The number of hydrogen-bond acceptors (Lipinski definition) is 6.